The topological polar surface area (TPSA) is 33.3 Å². The highest BCUT2D eigenvalue weighted by Crippen LogP contribution is 2.31. The van der Waals surface area contributed by atoms with Gasteiger partial charge >= 0.3 is 0 Å². The van der Waals surface area contributed by atoms with Crippen molar-refractivity contribution in [2.75, 3.05) is 10.9 Å². The second-order valence-corrected chi connectivity index (χ2v) is 4.43. The molecule has 2 N–H and O–H groups in total. The molecule has 0 unspecified atom stereocenters. The Morgan fingerprint density at radius 1 is 0.833 bits per heavy atom. The van der Waals surface area contributed by atoms with E-state index in [0.717, 1.165) is 17.1 Å². The predicted octanol–water partition coefficient (Wildman–Crippen LogP) is 3.67. The van der Waals surface area contributed by atoms with E-state index in [1.807, 2.05) is 54.6 Å². The average Bonchev–Trinajstić information content (AvgIpc) is 3.23. The molecule has 0 atom stereocenters. The van der Waals surface area contributed by atoms with Crippen LogP contribution in [0.25, 0.3) is 0 Å². The van der Waals surface area contributed by atoms with Crippen molar-refractivity contribution in [2.24, 2.45) is 0 Å². The molecule has 1 aliphatic rings. The maximum absolute atomic E-state index is 5.84. The first kappa shape index (κ1) is 11.0. The van der Waals surface area contributed by atoms with Crippen LogP contribution in [0, 0.1) is 0 Å². The fourth-order valence-electron chi connectivity index (χ4n) is 1.70. The average molecular weight is 240 g/mol. The first-order valence-corrected chi connectivity index (χ1v) is 6.24. The van der Waals surface area contributed by atoms with Crippen LogP contribution < -0.4 is 15.6 Å². The molecule has 0 heterocycles. The van der Waals surface area contributed by atoms with Gasteiger partial charge in [0.2, 0.25) is 0 Å². The molecule has 1 fully saturated rings. The van der Waals surface area contributed by atoms with Crippen molar-refractivity contribution in [3.63, 3.8) is 0 Å². The van der Waals surface area contributed by atoms with Gasteiger partial charge < -0.3 is 10.2 Å². The van der Waals surface area contributed by atoms with Crippen LogP contribution in [0.2, 0.25) is 0 Å². The predicted molar refractivity (Wildman–Crippen MR) is 73.8 cm³/mol. The SMILES string of the molecule is c1ccc(NNc2ccccc2OC2CC2)cc1. The van der Waals surface area contributed by atoms with E-state index < -0.39 is 0 Å². The summed E-state index contributed by atoms with van der Waals surface area (Å²) in [4.78, 5) is 0. The largest absolute Gasteiger partial charge is 0.488 e. The molecule has 3 rings (SSSR count). The molecule has 3 heteroatoms. The summed E-state index contributed by atoms with van der Waals surface area (Å²) in [5.41, 5.74) is 8.35. The molecule has 18 heavy (non-hydrogen) atoms. The number of rotatable bonds is 5. The summed E-state index contributed by atoms with van der Waals surface area (Å²) in [5, 5.41) is 0. The van der Waals surface area contributed by atoms with E-state index >= 15 is 0 Å². The molecule has 1 saturated carbocycles. The third-order valence-electron chi connectivity index (χ3n) is 2.82. The number of ether oxygens (including phenoxy) is 1. The second-order valence-electron chi connectivity index (χ2n) is 4.43. The Balaban J connectivity index is 1.68. The van der Waals surface area contributed by atoms with Gasteiger partial charge in [0.15, 0.2) is 0 Å². The van der Waals surface area contributed by atoms with Gasteiger partial charge in [0, 0.05) is 0 Å². The first-order valence-electron chi connectivity index (χ1n) is 6.24. The molecule has 0 amide bonds. The fourth-order valence-corrected chi connectivity index (χ4v) is 1.70. The van der Waals surface area contributed by atoms with Crippen LogP contribution >= 0.6 is 0 Å². The molecule has 0 spiro atoms. The Morgan fingerprint density at radius 2 is 1.56 bits per heavy atom. The van der Waals surface area contributed by atoms with E-state index in [1.165, 1.54) is 12.8 Å². The molecule has 0 aliphatic heterocycles. The van der Waals surface area contributed by atoms with Crippen LogP contribution in [0.4, 0.5) is 11.4 Å². The summed E-state index contributed by atoms with van der Waals surface area (Å²) < 4.78 is 5.84. The third-order valence-corrected chi connectivity index (χ3v) is 2.82. The van der Waals surface area contributed by atoms with Gasteiger partial charge in [-0.3, -0.25) is 5.43 Å². The van der Waals surface area contributed by atoms with Crippen molar-refractivity contribution in [3.05, 3.63) is 54.6 Å². The third kappa shape index (κ3) is 2.74. The molecule has 0 saturated heterocycles. The maximum Gasteiger partial charge on any atom is 0.144 e. The zero-order chi connectivity index (χ0) is 12.2. The Kier molecular flexibility index (Phi) is 3.05. The van der Waals surface area contributed by atoms with E-state index in [9.17, 15) is 0 Å². The highest BCUT2D eigenvalue weighted by molar-refractivity contribution is 5.60. The van der Waals surface area contributed by atoms with Crippen molar-refractivity contribution < 1.29 is 4.74 Å². The number of para-hydroxylation sites is 3. The molecule has 2 aromatic carbocycles. The van der Waals surface area contributed by atoms with E-state index in [-0.39, 0.29) is 0 Å². The van der Waals surface area contributed by atoms with Crippen LogP contribution in [0.5, 0.6) is 5.75 Å². The van der Waals surface area contributed by atoms with Crippen LogP contribution in [-0.2, 0) is 0 Å². The summed E-state index contributed by atoms with van der Waals surface area (Å²) in [6.45, 7) is 0. The minimum Gasteiger partial charge on any atom is -0.488 e. The molecule has 0 bridgehead atoms. The lowest BCUT2D eigenvalue weighted by Gasteiger charge is -2.14. The lowest BCUT2D eigenvalue weighted by Crippen LogP contribution is -2.10. The maximum atomic E-state index is 5.84. The van der Waals surface area contributed by atoms with E-state index in [2.05, 4.69) is 10.9 Å². The normalized spacial score (nSPS) is 14.0. The van der Waals surface area contributed by atoms with Crippen molar-refractivity contribution in [2.45, 2.75) is 18.9 Å². The summed E-state index contributed by atoms with van der Waals surface area (Å²) in [5.74, 6) is 0.906. The molecule has 0 aromatic heterocycles. The molecule has 3 nitrogen and oxygen atoms in total. The molecule has 0 radical (unpaired) electrons. The second kappa shape index (κ2) is 5.00. The number of hydrogen-bond donors (Lipinski definition) is 2. The van der Waals surface area contributed by atoms with Gasteiger partial charge in [-0.2, -0.15) is 0 Å². The molecular weight excluding hydrogens is 224 g/mol. The zero-order valence-electron chi connectivity index (χ0n) is 10.1. The first-order chi connectivity index (χ1) is 8.92. The zero-order valence-corrected chi connectivity index (χ0v) is 10.1. The fraction of sp³-hybridized carbons (Fsp3) is 0.200. The summed E-state index contributed by atoms with van der Waals surface area (Å²) >= 11 is 0. The number of anilines is 2. The van der Waals surface area contributed by atoms with Crippen molar-refractivity contribution in [1.29, 1.82) is 0 Å². The van der Waals surface area contributed by atoms with Gasteiger partial charge in [-0.05, 0) is 37.1 Å². The molecule has 1 aliphatic carbocycles. The number of hydrogen-bond acceptors (Lipinski definition) is 3. The van der Waals surface area contributed by atoms with Gasteiger partial charge in [0.25, 0.3) is 0 Å². The van der Waals surface area contributed by atoms with Gasteiger partial charge in [0.05, 0.1) is 17.5 Å². The van der Waals surface area contributed by atoms with E-state index in [4.69, 9.17) is 4.74 Å². The molecule has 2 aromatic rings. The van der Waals surface area contributed by atoms with Crippen LogP contribution in [0.3, 0.4) is 0 Å². The highest BCUT2D eigenvalue weighted by atomic mass is 16.5. The number of benzene rings is 2. The highest BCUT2D eigenvalue weighted by Gasteiger charge is 2.24. The Morgan fingerprint density at radius 3 is 2.33 bits per heavy atom. The molecular formula is C15H16N2O. The van der Waals surface area contributed by atoms with Gasteiger partial charge in [-0.25, -0.2) is 0 Å². The van der Waals surface area contributed by atoms with Crippen molar-refractivity contribution >= 4 is 11.4 Å². The van der Waals surface area contributed by atoms with Gasteiger partial charge in [-0.15, -0.1) is 0 Å². The Hall–Kier alpha value is -2.16. The number of nitrogens with one attached hydrogen (secondary N) is 2. The lowest BCUT2D eigenvalue weighted by atomic mass is 10.3. The molecule has 92 valence electrons. The van der Waals surface area contributed by atoms with Crippen LogP contribution in [0.15, 0.2) is 54.6 Å². The summed E-state index contributed by atoms with van der Waals surface area (Å²) in [6, 6.07) is 18.0. The Bertz CT molecular complexity index is 509. The lowest BCUT2D eigenvalue weighted by molar-refractivity contribution is 0.304. The summed E-state index contributed by atoms with van der Waals surface area (Å²) in [7, 11) is 0. The van der Waals surface area contributed by atoms with Crippen molar-refractivity contribution in [1.82, 2.24) is 0 Å². The van der Waals surface area contributed by atoms with Gasteiger partial charge in [0.1, 0.15) is 5.75 Å². The smallest absolute Gasteiger partial charge is 0.144 e. The van der Waals surface area contributed by atoms with Gasteiger partial charge in [-0.1, -0.05) is 30.3 Å². The standard InChI is InChI=1S/C15H16N2O/c1-2-6-12(7-3-1)16-17-14-8-4-5-9-15(14)18-13-10-11-13/h1-9,13,16-17H,10-11H2. The van der Waals surface area contributed by atoms with E-state index in [1.54, 1.807) is 0 Å². The van der Waals surface area contributed by atoms with Crippen LogP contribution in [0.1, 0.15) is 12.8 Å². The van der Waals surface area contributed by atoms with Crippen LogP contribution in [-0.4, -0.2) is 6.10 Å². The quantitative estimate of drug-likeness (QED) is 0.782. The monoisotopic (exact) mass is 240 g/mol. The summed E-state index contributed by atoms with van der Waals surface area (Å²) in [6.07, 6.45) is 2.74. The minimum absolute atomic E-state index is 0.407. The minimum atomic E-state index is 0.407. The van der Waals surface area contributed by atoms with E-state index in [0.29, 0.717) is 6.10 Å². The number of hydrazine groups is 1. The Labute approximate surface area is 107 Å². The van der Waals surface area contributed by atoms with Crippen molar-refractivity contribution in [3.8, 4) is 5.75 Å².